The molecule has 8 heteroatoms. The van der Waals surface area contributed by atoms with Crippen LogP contribution in [0.5, 0.6) is 0 Å². The van der Waals surface area contributed by atoms with E-state index in [2.05, 4.69) is 10.1 Å². The van der Waals surface area contributed by atoms with Gasteiger partial charge in [-0.1, -0.05) is 12.1 Å². The van der Waals surface area contributed by atoms with Gasteiger partial charge in [-0.05, 0) is 36.6 Å². The van der Waals surface area contributed by atoms with Crippen LogP contribution in [0, 0.1) is 10.1 Å². The number of aryl methyl sites for hydroxylation is 1. The second kappa shape index (κ2) is 9.91. The lowest BCUT2D eigenvalue weighted by Crippen LogP contribution is -2.18. The van der Waals surface area contributed by atoms with E-state index in [1.807, 2.05) is 0 Å². The van der Waals surface area contributed by atoms with Gasteiger partial charge < -0.3 is 14.6 Å². The average molecular weight is 371 g/mol. The number of unbranched alkanes of at least 4 members (excludes halogenated alkanes) is 1. The molecule has 1 aromatic heterocycles. The van der Waals surface area contributed by atoms with Crippen LogP contribution in [0.15, 0.2) is 53.5 Å². The van der Waals surface area contributed by atoms with E-state index < -0.39 is 10.9 Å². The van der Waals surface area contributed by atoms with Crippen molar-refractivity contribution in [2.75, 3.05) is 19.0 Å². The molecule has 0 saturated carbocycles. The smallest absolute Gasteiger partial charge is 0.330 e. The summed E-state index contributed by atoms with van der Waals surface area (Å²) in [6, 6.07) is 9.70. The number of esters is 1. The van der Waals surface area contributed by atoms with Crippen LogP contribution in [0.4, 0.5) is 11.4 Å². The molecule has 27 heavy (non-hydrogen) atoms. The average Bonchev–Trinajstić information content (AvgIpc) is 2.67. The highest BCUT2D eigenvalue weighted by Crippen LogP contribution is 2.26. The Bertz CT molecular complexity index is 889. The van der Waals surface area contributed by atoms with E-state index in [1.54, 1.807) is 35.0 Å². The molecule has 0 amide bonds. The molecule has 0 radical (unpaired) electrons. The third-order valence-corrected chi connectivity index (χ3v) is 3.87. The van der Waals surface area contributed by atoms with Crippen molar-refractivity contribution in [3.05, 3.63) is 74.7 Å². The van der Waals surface area contributed by atoms with Crippen molar-refractivity contribution in [1.29, 1.82) is 0 Å². The van der Waals surface area contributed by atoms with Crippen LogP contribution in [0.25, 0.3) is 6.08 Å². The van der Waals surface area contributed by atoms with Gasteiger partial charge >= 0.3 is 5.97 Å². The number of nitro benzene ring substituents is 1. The minimum absolute atomic E-state index is 0.0447. The number of hydrogen-bond donors (Lipinski definition) is 1. The zero-order valence-corrected chi connectivity index (χ0v) is 15.0. The molecule has 0 bridgehead atoms. The highest BCUT2D eigenvalue weighted by molar-refractivity contribution is 5.87. The molecule has 1 aromatic carbocycles. The van der Waals surface area contributed by atoms with E-state index in [-0.39, 0.29) is 11.2 Å². The van der Waals surface area contributed by atoms with Crippen LogP contribution in [0.1, 0.15) is 18.4 Å². The summed E-state index contributed by atoms with van der Waals surface area (Å²) in [4.78, 5) is 33.5. The number of benzene rings is 1. The van der Waals surface area contributed by atoms with Crippen LogP contribution in [0.2, 0.25) is 0 Å². The molecule has 0 aliphatic carbocycles. The van der Waals surface area contributed by atoms with Gasteiger partial charge in [0, 0.05) is 37.5 Å². The summed E-state index contributed by atoms with van der Waals surface area (Å²) >= 11 is 0. The lowest BCUT2D eigenvalue weighted by Gasteiger charge is -2.08. The maximum Gasteiger partial charge on any atom is 0.330 e. The number of carbonyl (C=O) groups excluding carboxylic acids is 1. The van der Waals surface area contributed by atoms with Crippen molar-refractivity contribution in [1.82, 2.24) is 4.57 Å². The van der Waals surface area contributed by atoms with Gasteiger partial charge in [0.2, 0.25) is 5.56 Å². The predicted octanol–water partition coefficient (Wildman–Crippen LogP) is 2.84. The Labute approximate surface area is 156 Å². The summed E-state index contributed by atoms with van der Waals surface area (Å²) in [6.07, 6.45) is 5.92. The first-order valence-electron chi connectivity index (χ1n) is 8.45. The zero-order valence-electron chi connectivity index (χ0n) is 15.0. The lowest BCUT2D eigenvalue weighted by molar-refractivity contribution is -0.384. The van der Waals surface area contributed by atoms with Crippen molar-refractivity contribution >= 4 is 23.4 Å². The topological polar surface area (TPSA) is 103 Å². The summed E-state index contributed by atoms with van der Waals surface area (Å²) in [5.41, 5.74) is 0.825. The molecule has 0 spiro atoms. The molecule has 142 valence electrons. The molecule has 1 heterocycles. The normalized spacial score (nSPS) is 10.7. The van der Waals surface area contributed by atoms with Crippen molar-refractivity contribution < 1.29 is 14.5 Å². The van der Waals surface area contributed by atoms with Gasteiger partial charge in [-0.3, -0.25) is 14.9 Å². The second-order valence-electron chi connectivity index (χ2n) is 5.76. The van der Waals surface area contributed by atoms with Crippen LogP contribution >= 0.6 is 0 Å². The van der Waals surface area contributed by atoms with E-state index >= 15 is 0 Å². The molecule has 0 fully saturated rings. The van der Waals surface area contributed by atoms with Gasteiger partial charge in [-0.2, -0.15) is 0 Å². The van der Waals surface area contributed by atoms with Crippen LogP contribution < -0.4 is 10.9 Å². The summed E-state index contributed by atoms with van der Waals surface area (Å²) in [5, 5.41) is 14.3. The van der Waals surface area contributed by atoms with Crippen LogP contribution in [-0.2, 0) is 16.1 Å². The van der Waals surface area contributed by atoms with Gasteiger partial charge in [-0.15, -0.1) is 0 Å². The van der Waals surface area contributed by atoms with E-state index in [0.717, 1.165) is 12.8 Å². The number of ether oxygens (including phenoxy) is 1. The maximum absolute atomic E-state index is 11.6. The number of nitro groups is 1. The number of nitrogens with one attached hydrogen (secondary N) is 1. The molecule has 0 unspecified atom stereocenters. The number of hydrogen-bond acceptors (Lipinski definition) is 6. The van der Waals surface area contributed by atoms with Crippen molar-refractivity contribution in [2.24, 2.45) is 0 Å². The first-order valence-corrected chi connectivity index (χ1v) is 8.45. The predicted molar refractivity (Wildman–Crippen MR) is 103 cm³/mol. The van der Waals surface area contributed by atoms with Crippen molar-refractivity contribution in [2.45, 2.75) is 19.4 Å². The molecule has 0 aliphatic heterocycles. The third kappa shape index (κ3) is 6.10. The van der Waals surface area contributed by atoms with Gasteiger partial charge in [-0.25, -0.2) is 4.79 Å². The molecule has 0 saturated heterocycles. The van der Waals surface area contributed by atoms with Crippen molar-refractivity contribution in [3.63, 3.8) is 0 Å². The fraction of sp³-hybridized carbons (Fsp3) is 0.263. The third-order valence-electron chi connectivity index (χ3n) is 3.87. The molecule has 2 rings (SSSR count). The summed E-state index contributed by atoms with van der Waals surface area (Å²) in [7, 11) is 1.26. The Balaban J connectivity index is 1.92. The SMILES string of the molecule is COC(=O)C=Cc1ccc(NCCCCn2ccccc2=O)c([N+](=O)[O-])c1. The standard InChI is InChI=1S/C19H21N3O5/c1-27-19(24)10-8-15-7-9-16(17(14-15)22(25)26)20-11-3-5-13-21-12-4-2-6-18(21)23/h2,4,6-10,12,14,20H,3,5,11,13H2,1H3. The Morgan fingerprint density at radius 1 is 1.30 bits per heavy atom. The maximum atomic E-state index is 11.6. The minimum atomic E-state index is -0.530. The molecule has 1 N–H and O–H groups in total. The number of aromatic nitrogens is 1. The number of rotatable bonds is 9. The summed E-state index contributed by atoms with van der Waals surface area (Å²) < 4.78 is 6.13. The largest absolute Gasteiger partial charge is 0.466 e. The van der Waals surface area contributed by atoms with Crippen LogP contribution in [-0.4, -0.2) is 29.1 Å². The number of methoxy groups -OCH3 is 1. The highest BCUT2D eigenvalue weighted by atomic mass is 16.6. The van der Waals surface area contributed by atoms with Crippen LogP contribution in [0.3, 0.4) is 0 Å². The quantitative estimate of drug-likeness (QED) is 0.239. The van der Waals surface area contributed by atoms with Gasteiger partial charge in [0.1, 0.15) is 5.69 Å². The molecular formula is C19H21N3O5. The first-order chi connectivity index (χ1) is 13.0. The number of carbonyl (C=O) groups is 1. The van der Waals surface area contributed by atoms with E-state index in [9.17, 15) is 19.7 Å². The minimum Gasteiger partial charge on any atom is -0.466 e. The molecular weight excluding hydrogens is 350 g/mol. The number of pyridine rings is 1. The monoisotopic (exact) mass is 371 g/mol. The fourth-order valence-electron chi connectivity index (χ4n) is 2.46. The van der Waals surface area contributed by atoms with Gasteiger partial charge in [0.15, 0.2) is 0 Å². The Morgan fingerprint density at radius 2 is 2.11 bits per heavy atom. The Morgan fingerprint density at radius 3 is 2.81 bits per heavy atom. The fourth-order valence-corrected chi connectivity index (χ4v) is 2.46. The van der Waals surface area contributed by atoms with Gasteiger partial charge in [0.05, 0.1) is 12.0 Å². The Kier molecular flexibility index (Phi) is 7.30. The van der Waals surface area contributed by atoms with E-state index in [1.165, 1.54) is 31.4 Å². The molecule has 0 aliphatic rings. The van der Waals surface area contributed by atoms with Gasteiger partial charge in [0.25, 0.3) is 5.69 Å². The highest BCUT2D eigenvalue weighted by Gasteiger charge is 2.13. The lowest BCUT2D eigenvalue weighted by atomic mass is 10.1. The second-order valence-corrected chi connectivity index (χ2v) is 5.76. The molecule has 2 aromatic rings. The first kappa shape index (κ1) is 19.9. The van der Waals surface area contributed by atoms with E-state index in [0.29, 0.717) is 24.3 Å². The molecule has 0 atom stereocenters. The van der Waals surface area contributed by atoms with E-state index in [4.69, 9.17) is 0 Å². The Hall–Kier alpha value is -3.42. The number of anilines is 1. The van der Waals surface area contributed by atoms with Crippen molar-refractivity contribution in [3.8, 4) is 0 Å². The summed E-state index contributed by atoms with van der Waals surface area (Å²) in [6.45, 7) is 1.14. The number of nitrogens with zero attached hydrogens (tertiary/aromatic N) is 2. The summed E-state index contributed by atoms with van der Waals surface area (Å²) in [5.74, 6) is -0.530. The molecule has 8 nitrogen and oxygen atoms in total. The zero-order chi connectivity index (χ0) is 19.6.